The van der Waals surface area contributed by atoms with E-state index >= 15 is 0 Å². The zero-order valence-corrected chi connectivity index (χ0v) is 17.2. The lowest BCUT2D eigenvalue weighted by molar-refractivity contribution is -0.136. The summed E-state index contributed by atoms with van der Waals surface area (Å²) >= 11 is 6.75. The number of Topliss-reactive ketones (excluding diaryl/α,β-unsaturated/α-hetero) is 1. The van der Waals surface area contributed by atoms with E-state index in [-0.39, 0.29) is 5.78 Å². The number of ether oxygens (including phenoxy) is 1. The van der Waals surface area contributed by atoms with Crippen molar-refractivity contribution in [1.82, 2.24) is 15.1 Å². The van der Waals surface area contributed by atoms with Gasteiger partial charge in [-0.25, -0.2) is 9.48 Å². The lowest BCUT2D eigenvalue weighted by Crippen LogP contribution is -2.31. The van der Waals surface area contributed by atoms with E-state index in [1.54, 1.807) is 11.6 Å². The standard InChI is InChI=1S/C21H22ClN3O3/c1-11-16(14(4)26)19(18(12(2)23-11)21(27)28-5)17-13(3)24-25(20(17)22)15-9-7-6-8-10-15/h6-10,19,23H,1-5H3. The van der Waals surface area contributed by atoms with Crippen LogP contribution in [0, 0.1) is 6.92 Å². The molecule has 0 radical (unpaired) electrons. The maximum atomic E-state index is 12.6. The van der Waals surface area contributed by atoms with Gasteiger partial charge in [-0.15, -0.1) is 0 Å². The fourth-order valence-electron chi connectivity index (χ4n) is 3.71. The van der Waals surface area contributed by atoms with Gasteiger partial charge in [0.1, 0.15) is 5.15 Å². The molecule has 0 bridgehead atoms. The summed E-state index contributed by atoms with van der Waals surface area (Å²) in [5.41, 5.74) is 4.20. The van der Waals surface area contributed by atoms with Crippen LogP contribution in [-0.2, 0) is 14.3 Å². The van der Waals surface area contributed by atoms with Crippen molar-refractivity contribution in [3.8, 4) is 5.69 Å². The Bertz CT molecular complexity index is 1020. The van der Waals surface area contributed by atoms with Gasteiger partial charge in [-0.05, 0) is 39.8 Å². The monoisotopic (exact) mass is 399 g/mol. The number of allylic oxidation sites excluding steroid dienone is 3. The first-order valence-corrected chi connectivity index (χ1v) is 9.24. The molecule has 0 saturated heterocycles. The number of aromatic nitrogens is 2. The Kier molecular flexibility index (Phi) is 5.42. The van der Waals surface area contributed by atoms with Crippen LogP contribution < -0.4 is 5.32 Å². The number of rotatable bonds is 4. The minimum atomic E-state index is -0.656. The summed E-state index contributed by atoms with van der Waals surface area (Å²) in [6.07, 6.45) is 0. The largest absolute Gasteiger partial charge is 0.466 e. The van der Waals surface area contributed by atoms with E-state index in [1.807, 2.05) is 44.2 Å². The summed E-state index contributed by atoms with van der Waals surface area (Å²) in [6, 6.07) is 9.46. The second-order valence-corrected chi connectivity index (χ2v) is 7.08. The third kappa shape index (κ3) is 3.24. The van der Waals surface area contributed by atoms with Crippen LogP contribution in [-0.4, -0.2) is 28.6 Å². The molecule has 0 fully saturated rings. The minimum Gasteiger partial charge on any atom is -0.466 e. The molecule has 28 heavy (non-hydrogen) atoms. The highest BCUT2D eigenvalue weighted by molar-refractivity contribution is 6.31. The fourth-order valence-corrected chi connectivity index (χ4v) is 4.09. The highest BCUT2D eigenvalue weighted by atomic mass is 35.5. The SMILES string of the molecule is COC(=O)C1=C(C)NC(C)=C(C(C)=O)C1c1c(C)nn(-c2ccccc2)c1Cl. The minimum absolute atomic E-state index is 0.146. The number of hydrogen-bond donors (Lipinski definition) is 1. The van der Waals surface area contributed by atoms with E-state index in [4.69, 9.17) is 16.3 Å². The van der Waals surface area contributed by atoms with Crippen LogP contribution in [0.25, 0.3) is 5.69 Å². The zero-order valence-electron chi connectivity index (χ0n) is 16.5. The average molecular weight is 400 g/mol. The maximum absolute atomic E-state index is 12.6. The number of carbonyl (C=O) groups excluding carboxylic acids is 2. The first-order valence-electron chi connectivity index (χ1n) is 8.86. The third-order valence-electron chi connectivity index (χ3n) is 4.88. The van der Waals surface area contributed by atoms with Gasteiger partial charge in [0.2, 0.25) is 0 Å². The van der Waals surface area contributed by atoms with Crippen LogP contribution in [0.5, 0.6) is 0 Å². The normalized spacial score (nSPS) is 16.9. The first-order chi connectivity index (χ1) is 13.3. The summed E-state index contributed by atoms with van der Waals surface area (Å²) in [6.45, 7) is 6.89. The molecule has 0 saturated carbocycles. The third-order valence-corrected chi connectivity index (χ3v) is 5.25. The lowest BCUT2D eigenvalue weighted by Gasteiger charge is -2.30. The van der Waals surface area contributed by atoms with Crippen molar-refractivity contribution in [1.29, 1.82) is 0 Å². The Morgan fingerprint density at radius 1 is 1.11 bits per heavy atom. The lowest BCUT2D eigenvalue weighted by atomic mass is 9.79. The first kappa shape index (κ1) is 19.9. The Labute approximate surface area is 168 Å². The predicted molar refractivity (Wildman–Crippen MR) is 107 cm³/mol. The molecule has 1 aliphatic rings. The van der Waals surface area contributed by atoms with Crippen LogP contribution in [0.1, 0.15) is 37.9 Å². The summed E-state index contributed by atoms with van der Waals surface area (Å²) < 4.78 is 6.62. The number of dihydropyridines is 1. The highest BCUT2D eigenvalue weighted by Gasteiger charge is 2.39. The Morgan fingerprint density at radius 3 is 2.29 bits per heavy atom. The summed E-state index contributed by atoms with van der Waals surface area (Å²) in [4.78, 5) is 25.1. The van der Waals surface area contributed by atoms with Gasteiger partial charge >= 0.3 is 5.97 Å². The second-order valence-electron chi connectivity index (χ2n) is 6.72. The Balaban J connectivity index is 2.29. The maximum Gasteiger partial charge on any atom is 0.336 e. The summed E-state index contributed by atoms with van der Waals surface area (Å²) in [5, 5.41) is 8.05. The van der Waals surface area contributed by atoms with Gasteiger partial charge in [0.05, 0.1) is 30.0 Å². The van der Waals surface area contributed by atoms with E-state index in [9.17, 15) is 9.59 Å². The van der Waals surface area contributed by atoms with E-state index in [1.165, 1.54) is 14.0 Å². The quantitative estimate of drug-likeness (QED) is 0.791. The molecule has 2 aromatic rings. The number of nitrogens with zero attached hydrogens (tertiary/aromatic N) is 2. The van der Waals surface area contributed by atoms with Gasteiger partial charge in [0.25, 0.3) is 0 Å². The molecule has 1 aromatic carbocycles. The number of esters is 1. The number of ketones is 1. The van der Waals surface area contributed by atoms with Crippen molar-refractivity contribution in [3.63, 3.8) is 0 Å². The van der Waals surface area contributed by atoms with Gasteiger partial charge in [-0.3, -0.25) is 4.79 Å². The molecule has 7 heteroatoms. The number of benzene rings is 1. The van der Waals surface area contributed by atoms with Gasteiger partial charge in [-0.2, -0.15) is 5.10 Å². The van der Waals surface area contributed by atoms with Crippen molar-refractivity contribution >= 4 is 23.4 Å². The number of para-hydroxylation sites is 1. The molecule has 3 rings (SSSR count). The molecule has 146 valence electrons. The van der Waals surface area contributed by atoms with Crippen molar-refractivity contribution in [2.24, 2.45) is 0 Å². The summed E-state index contributed by atoms with van der Waals surface area (Å²) in [5.74, 6) is -1.31. The smallest absolute Gasteiger partial charge is 0.336 e. The van der Waals surface area contributed by atoms with Gasteiger partial charge in [-0.1, -0.05) is 29.8 Å². The topological polar surface area (TPSA) is 73.2 Å². The van der Waals surface area contributed by atoms with Crippen molar-refractivity contribution in [3.05, 3.63) is 69.3 Å². The van der Waals surface area contributed by atoms with Crippen molar-refractivity contribution in [2.75, 3.05) is 7.11 Å². The molecule has 6 nitrogen and oxygen atoms in total. The molecular weight excluding hydrogens is 378 g/mol. The molecule has 0 aliphatic carbocycles. The molecular formula is C21H22ClN3O3. The van der Waals surface area contributed by atoms with Crippen LogP contribution >= 0.6 is 11.6 Å². The van der Waals surface area contributed by atoms with Gasteiger partial charge in [0.15, 0.2) is 5.78 Å². The van der Waals surface area contributed by atoms with E-state index in [2.05, 4.69) is 10.4 Å². The molecule has 1 unspecified atom stereocenters. The van der Waals surface area contributed by atoms with Crippen molar-refractivity contribution in [2.45, 2.75) is 33.6 Å². The molecule has 2 heterocycles. The van der Waals surface area contributed by atoms with E-state index < -0.39 is 11.9 Å². The van der Waals surface area contributed by atoms with Crippen LogP contribution in [0.4, 0.5) is 0 Å². The molecule has 0 spiro atoms. The molecule has 1 aliphatic heterocycles. The van der Waals surface area contributed by atoms with Crippen LogP contribution in [0.2, 0.25) is 5.15 Å². The second kappa shape index (κ2) is 7.64. The van der Waals surface area contributed by atoms with Gasteiger partial charge < -0.3 is 10.1 Å². The molecule has 1 atom stereocenters. The summed E-state index contributed by atoms with van der Waals surface area (Å²) in [7, 11) is 1.32. The van der Waals surface area contributed by atoms with E-state index in [0.29, 0.717) is 39.0 Å². The van der Waals surface area contributed by atoms with Crippen molar-refractivity contribution < 1.29 is 14.3 Å². The highest BCUT2D eigenvalue weighted by Crippen LogP contribution is 2.43. The van der Waals surface area contributed by atoms with Gasteiger partial charge in [0, 0.05) is 22.5 Å². The number of carbonyl (C=O) groups is 2. The molecule has 1 aromatic heterocycles. The Morgan fingerprint density at radius 2 is 1.71 bits per heavy atom. The number of halogens is 1. The van der Waals surface area contributed by atoms with Crippen LogP contribution in [0.15, 0.2) is 52.9 Å². The molecule has 0 amide bonds. The van der Waals surface area contributed by atoms with E-state index in [0.717, 1.165) is 5.69 Å². The van der Waals surface area contributed by atoms with Crippen LogP contribution in [0.3, 0.4) is 0 Å². The zero-order chi connectivity index (χ0) is 20.6. The molecule has 1 N–H and O–H groups in total. The predicted octanol–water partition coefficient (Wildman–Crippen LogP) is 3.83. The fraction of sp³-hybridized carbons (Fsp3) is 0.286. The number of aryl methyl sites for hydroxylation is 1. The number of nitrogens with one attached hydrogen (secondary N) is 1. The average Bonchev–Trinajstić information content (AvgIpc) is 2.95. The number of methoxy groups -OCH3 is 1. The Hall–Kier alpha value is -2.86. The number of hydrogen-bond acceptors (Lipinski definition) is 5.